The number of benzene rings is 2. The molecule has 2 aliphatic rings. The fourth-order valence-electron chi connectivity index (χ4n) is 5.09. The summed E-state index contributed by atoms with van der Waals surface area (Å²) in [6.45, 7) is 1.66. The maximum Gasteiger partial charge on any atom is 0.245 e. The van der Waals surface area contributed by atoms with Crippen molar-refractivity contribution in [3.8, 4) is 0 Å². The highest BCUT2D eigenvalue weighted by Crippen LogP contribution is 2.32. The van der Waals surface area contributed by atoms with Crippen LogP contribution < -0.4 is 10.6 Å². The summed E-state index contributed by atoms with van der Waals surface area (Å²) in [5, 5.41) is 16.2. The number of anilines is 3. The van der Waals surface area contributed by atoms with Crippen LogP contribution in [0, 0.1) is 5.92 Å². The number of rotatable bonds is 9. The molecule has 6 heteroatoms. The van der Waals surface area contributed by atoms with Crippen molar-refractivity contribution >= 4 is 28.5 Å². The van der Waals surface area contributed by atoms with E-state index in [0.29, 0.717) is 12.3 Å². The van der Waals surface area contributed by atoms with Crippen molar-refractivity contribution in [3.63, 3.8) is 0 Å². The molecular formula is C29H32N4O2. The Morgan fingerprint density at radius 3 is 2.57 bits per heavy atom. The first kappa shape index (κ1) is 23.1. The molecule has 1 aliphatic heterocycles. The van der Waals surface area contributed by atoms with Crippen LogP contribution in [0.5, 0.6) is 0 Å². The van der Waals surface area contributed by atoms with E-state index in [4.69, 9.17) is 0 Å². The lowest BCUT2D eigenvalue weighted by molar-refractivity contribution is -0.131. The number of likely N-dealkylation sites (tertiary alicyclic amines) is 1. The van der Waals surface area contributed by atoms with Gasteiger partial charge in [0.2, 0.25) is 5.91 Å². The minimum absolute atomic E-state index is 0.134. The number of pyridine rings is 1. The Balaban J connectivity index is 1.32. The number of fused-ring (bicyclic) bond motifs is 1. The second kappa shape index (κ2) is 10.7. The molecule has 0 spiro atoms. The van der Waals surface area contributed by atoms with Crippen LogP contribution in [0.25, 0.3) is 5.57 Å². The molecule has 2 unspecified atom stereocenters. The molecule has 6 nitrogen and oxygen atoms in total. The van der Waals surface area contributed by atoms with Crippen molar-refractivity contribution in [2.75, 3.05) is 30.3 Å². The van der Waals surface area contributed by atoms with E-state index in [9.17, 15) is 9.90 Å². The standard InChI is InChI=1S/C29H32N4O2/c34-18-14-21-13-17-33(20-21)29(35)28(19-23-6-5-22-3-1-2-4-27(22)23)32-25-9-7-24(8-10-25)31-26-11-15-30-16-12-26/h1-4,6-12,15-16,21,28,32,34H,5,13-14,17-20H2,(H,30,31). The molecule has 0 saturated carbocycles. The number of nitrogens with one attached hydrogen (secondary N) is 2. The van der Waals surface area contributed by atoms with Gasteiger partial charge in [0.25, 0.3) is 0 Å². The van der Waals surface area contributed by atoms with Crippen LogP contribution in [0.4, 0.5) is 17.1 Å². The van der Waals surface area contributed by atoms with E-state index in [1.54, 1.807) is 12.4 Å². The van der Waals surface area contributed by atoms with Crippen LogP contribution in [-0.4, -0.2) is 46.6 Å². The lowest BCUT2D eigenvalue weighted by atomic mass is 9.98. The quantitative estimate of drug-likeness (QED) is 0.418. The molecule has 3 N–H and O–H groups in total. The number of nitrogens with zero attached hydrogens (tertiary/aromatic N) is 2. The molecular weight excluding hydrogens is 436 g/mol. The van der Waals surface area contributed by atoms with Crippen molar-refractivity contribution in [1.82, 2.24) is 9.88 Å². The molecule has 1 amide bonds. The van der Waals surface area contributed by atoms with Gasteiger partial charge in [0.05, 0.1) is 0 Å². The van der Waals surface area contributed by atoms with E-state index in [0.717, 1.165) is 49.4 Å². The number of carbonyl (C=O) groups excluding carboxylic acids is 1. The summed E-state index contributed by atoms with van der Waals surface area (Å²) in [6, 6.07) is 20.0. The molecule has 3 aromatic rings. The average Bonchev–Trinajstić information content (AvgIpc) is 3.53. The van der Waals surface area contributed by atoms with E-state index in [1.807, 2.05) is 41.3 Å². The number of allylic oxidation sites excluding steroid dienone is 1. The fraction of sp³-hybridized carbons (Fsp3) is 0.310. The number of aromatic nitrogens is 1. The van der Waals surface area contributed by atoms with Crippen LogP contribution in [0.15, 0.2) is 79.1 Å². The van der Waals surface area contributed by atoms with Crippen LogP contribution in [0.1, 0.15) is 30.4 Å². The molecule has 0 bridgehead atoms. The predicted octanol–water partition coefficient (Wildman–Crippen LogP) is 4.87. The van der Waals surface area contributed by atoms with Crippen molar-refractivity contribution in [2.24, 2.45) is 5.92 Å². The Bertz CT molecular complexity index is 1180. The second-order valence-corrected chi connectivity index (χ2v) is 9.38. The molecule has 2 aromatic carbocycles. The first-order chi connectivity index (χ1) is 17.2. The normalized spacial score (nSPS) is 17.6. The van der Waals surface area contributed by atoms with Gasteiger partial charge < -0.3 is 20.6 Å². The SMILES string of the molecule is O=C(C(CC1=CCc2ccccc21)Nc1ccc(Nc2ccncc2)cc1)N1CCC(CCO)C1. The maximum atomic E-state index is 13.7. The van der Waals surface area contributed by atoms with Crippen LogP contribution in [-0.2, 0) is 11.2 Å². The molecule has 1 fully saturated rings. The first-order valence-corrected chi connectivity index (χ1v) is 12.4. The summed E-state index contributed by atoms with van der Waals surface area (Å²) in [5.41, 5.74) is 6.68. The number of carbonyl (C=O) groups is 1. The minimum Gasteiger partial charge on any atom is -0.396 e. The molecule has 35 heavy (non-hydrogen) atoms. The zero-order chi connectivity index (χ0) is 24.0. The third-order valence-corrected chi connectivity index (χ3v) is 6.98. The van der Waals surface area contributed by atoms with Crippen molar-refractivity contribution in [2.45, 2.75) is 31.7 Å². The zero-order valence-electron chi connectivity index (χ0n) is 19.9. The van der Waals surface area contributed by atoms with Gasteiger partial charge in [-0.25, -0.2) is 0 Å². The Morgan fingerprint density at radius 1 is 1.03 bits per heavy atom. The maximum absolute atomic E-state index is 13.7. The molecule has 2 atom stereocenters. The van der Waals surface area contributed by atoms with Gasteiger partial charge in [0, 0.05) is 55.6 Å². The van der Waals surface area contributed by atoms with Crippen LogP contribution >= 0.6 is 0 Å². The Morgan fingerprint density at radius 2 is 1.77 bits per heavy atom. The molecule has 1 saturated heterocycles. The van der Waals surface area contributed by atoms with Crippen LogP contribution in [0.2, 0.25) is 0 Å². The lowest BCUT2D eigenvalue weighted by Gasteiger charge is -2.26. The minimum atomic E-state index is -0.348. The van der Waals surface area contributed by atoms with Gasteiger partial charge >= 0.3 is 0 Å². The molecule has 180 valence electrons. The fourth-order valence-corrected chi connectivity index (χ4v) is 5.09. The highest BCUT2D eigenvalue weighted by molar-refractivity contribution is 5.88. The van der Waals surface area contributed by atoms with Crippen LogP contribution in [0.3, 0.4) is 0 Å². The Hall–Kier alpha value is -3.64. The van der Waals surface area contributed by atoms with Gasteiger partial charge in [0.15, 0.2) is 0 Å². The Labute approximate surface area is 206 Å². The van der Waals surface area contributed by atoms with E-state index in [2.05, 4.69) is 46.0 Å². The topological polar surface area (TPSA) is 77.5 Å². The first-order valence-electron chi connectivity index (χ1n) is 12.4. The monoisotopic (exact) mass is 468 g/mol. The third kappa shape index (κ3) is 5.54. The summed E-state index contributed by atoms with van der Waals surface area (Å²) >= 11 is 0. The van der Waals surface area contributed by atoms with E-state index < -0.39 is 0 Å². The molecule has 2 heterocycles. The van der Waals surface area contributed by atoms with E-state index >= 15 is 0 Å². The molecule has 1 aliphatic carbocycles. The van der Waals surface area contributed by atoms with Crippen molar-refractivity contribution in [3.05, 3.63) is 90.3 Å². The Kier molecular flexibility index (Phi) is 7.09. The highest BCUT2D eigenvalue weighted by atomic mass is 16.3. The van der Waals surface area contributed by atoms with Crippen molar-refractivity contribution < 1.29 is 9.90 Å². The average molecular weight is 469 g/mol. The van der Waals surface area contributed by atoms with Gasteiger partial charge in [-0.1, -0.05) is 30.3 Å². The summed E-state index contributed by atoms with van der Waals surface area (Å²) in [4.78, 5) is 19.7. The largest absolute Gasteiger partial charge is 0.396 e. The van der Waals surface area contributed by atoms with Gasteiger partial charge in [-0.15, -0.1) is 0 Å². The van der Waals surface area contributed by atoms with Gasteiger partial charge in [-0.2, -0.15) is 0 Å². The summed E-state index contributed by atoms with van der Waals surface area (Å²) in [5.74, 6) is 0.518. The van der Waals surface area contributed by atoms with E-state index in [-0.39, 0.29) is 18.6 Å². The van der Waals surface area contributed by atoms with E-state index in [1.165, 1.54) is 16.7 Å². The van der Waals surface area contributed by atoms with Gasteiger partial charge in [-0.3, -0.25) is 9.78 Å². The van der Waals surface area contributed by atoms with Gasteiger partial charge in [0.1, 0.15) is 6.04 Å². The number of hydrogen-bond donors (Lipinski definition) is 3. The number of hydrogen-bond acceptors (Lipinski definition) is 5. The predicted molar refractivity (Wildman–Crippen MR) is 141 cm³/mol. The van der Waals surface area contributed by atoms with Crippen molar-refractivity contribution in [1.29, 1.82) is 0 Å². The summed E-state index contributed by atoms with van der Waals surface area (Å²) < 4.78 is 0. The number of aliphatic hydroxyl groups excluding tert-OH is 1. The zero-order valence-corrected chi connectivity index (χ0v) is 19.9. The summed E-state index contributed by atoms with van der Waals surface area (Å²) in [6.07, 6.45) is 9.05. The number of amides is 1. The number of aliphatic hydroxyl groups is 1. The van der Waals surface area contributed by atoms with Gasteiger partial charge in [-0.05, 0) is 78.3 Å². The smallest absolute Gasteiger partial charge is 0.245 e. The molecule has 5 rings (SSSR count). The second-order valence-electron chi connectivity index (χ2n) is 9.38. The third-order valence-electron chi connectivity index (χ3n) is 6.98. The summed E-state index contributed by atoms with van der Waals surface area (Å²) in [7, 11) is 0. The molecule has 1 aromatic heterocycles. The lowest BCUT2D eigenvalue weighted by Crippen LogP contribution is -2.42. The highest BCUT2D eigenvalue weighted by Gasteiger charge is 2.32. The molecule has 0 radical (unpaired) electrons.